The van der Waals surface area contributed by atoms with E-state index in [9.17, 15) is 19.5 Å². The van der Waals surface area contributed by atoms with Crippen LogP contribution in [0, 0.1) is 0 Å². The third-order valence-corrected chi connectivity index (χ3v) is 6.02. The Hall–Kier alpha value is -1.72. The molecule has 0 amide bonds. The molecule has 1 aromatic heterocycles. The molecule has 1 aromatic carbocycles. The number of fused-ring (bicyclic) bond motifs is 1. The molecule has 3 rings (SSSR count). The smallest absolute Gasteiger partial charge is 0.303 e. The number of aromatic nitrogens is 2. The van der Waals surface area contributed by atoms with E-state index in [1.54, 1.807) is 0 Å². The first-order valence-corrected chi connectivity index (χ1v) is 10.2. The number of hydrogen-bond donors (Lipinski definition) is 1. The molecule has 1 aliphatic rings. The minimum Gasteiger partial charge on any atom is -0.455 e. The van der Waals surface area contributed by atoms with Gasteiger partial charge in [0, 0.05) is 13.8 Å². The standard InChI is InChI=1S/C18H17BrCl2N2O7/c1-7(25)18(6-24)15(29-9(3)27)14(28-8(2)26)16(30-18)23-13-5-11(21)10(20)4-12(13)22-17(23)19/h4-5,14-16,24H,6H2,1-3H3/t14-,15+,16-,18+/m1/s1. The molecule has 162 valence electrons. The summed E-state index contributed by atoms with van der Waals surface area (Å²) in [7, 11) is 0. The van der Waals surface area contributed by atoms with Crippen LogP contribution in [0.5, 0.6) is 0 Å². The quantitative estimate of drug-likeness (QED) is 0.594. The van der Waals surface area contributed by atoms with Crippen molar-refractivity contribution >= 4 is 67.9 Å². The van der Waals surface area contributed by atoms with Crippen LogP contribution in [0.2, 0.25) is 10.0 Å². The maximum Gasteiger partial charge on any atom is 0.303 e. The summed E-state index contributed by atoms with van der Waals surface area (Å²) in [6.45, 7) is 2.65. The number of rotatable bonds is 5. The summed E-state index contributed by atoms with van der Waals surface area (Å²) in [6, 6.07) is 3.06. The summed E-state index contributed by atoms with van der Waals surface area (Å²) >= 11 is 15.5. The number of esters is 2. The molecule has 9 nitrogen and oxygen atoms in total. The van der Waals surface area contributed by atoms with Crippen molar-refractivity contribution in [3.63, 3.8) is 0 Å². The normalized spacial score (nSPS) is 26.0. The van der Waals surface area contributed by atoms with Crippen molar-refractivity contribution in [2.75, 3.05) is 6.61 Å². The number of carbonyl (C=O) groups is 3. The molecule has 2 heterocycles. The molecule has 1 saturated heterocycles. The van der Waals surface area contributed by atoms with Gasteiger partial charge in [0.2, 0.25) is 0 Å². The fraction of sp³-hybridized carbons (Fsp3) is 0.444. The number of aliphatic hydroxyl groups excluding tert-OH is 1. The van der Waals surface area contributed by atoms with Crippen LogP contribution >= 0.6 is 39.1 Å². The van der Waals surface area contributed by atoms with Gasteiger partial charge in [-0.15, -0.1) is 0 Å². The molecule has 0 saturated carbocycles. The first-order chi connectivity index (χ1) is 14.0. The minimum absolute atomic E-state index is 0.233. The molecule has 0 radical (unpaired) electrons. The summed E-state index contributed by atoms with van der Waals surface area (Å²) < 4.78 is 18.4. The molecule has 0 bridgehead atoms. The van der Waals surface area contributed by atoms with Crippen LogP contribution in [0.4, 0.5) is 0 Å². The fourth-order valence-electron chi connectivity index (χ4n) is 3.44. The number of nitrogens with zero attached hydrogens (tertiary/aromatic N) is 2. The maximum atomic E-state index is 12.5. The number of ketones is 1. The van der Waals surface area contributed by atoms with Crippen molar-refractivity contribution in [2.24, 2.45) is 0 Å². The number of imidazole rings is 1. The Bertz CT molecular complexity index is 1040. The minimum atomic E-state index is -1.96. The van der Waals surface area contributed by atoms with E-state index in [0.29, 0.717) is 11.0 Å². The van der Waals surface area contributed by atoms with Gasteiger partial charge in [-0.25, -0.2) is 4.98 Å². The molecule has 1 N–H and O–H groups in total. The van der Waals surface area contributed by atoms with E-state index in [1.165, 1.54) is 23.6 Å². The van der Waals surface area contributed by atoms with Gasteiger partial charge in [-0.2, -0.15) is 0 Å². The fourth-order valence-corrected chi connectivity index (χ4v) is 4.34. The van der Waals surface area contributed by atoms with Crippen molar-refractivity contribution in [2.45, 2.75) is 44.8 Å². The van der Waals surface area contributed by atoms with Crippen molar-refractivity contribution < 1.29 is 33.7 Å². The highest BCUT2D eigenvalue weighted by atomic mass is 79.9. The second kappa shape index (κ2) is 8.43. The average molecular weight is 524 g/mol. The number of aliphatic hydroxyl groups is 1. The summed E-state index contributed by atoms with van der Waals surface area (Å²) in [5.41, 5.74) is -1.07. The van der Waals surface area contributed by atoms with Gasteiger partial charge in [0.25, 0.3) is 0 Å². The number of carbonyl (C=O) groups excluding carboxylic acids is 3. The van der Waals surface area contributed by atoms with Crippen molar-refractivity contribution in [3.8, 4) is 0 Å². The van der Waals surface area contributed by atoms with Crippen LogP contribution in [0.1, 0.15) is 27.0 Å². The largest absolute Gasteiger partial charge is 0.455 e. The third kappa shape index (κ3) is 3.82. The summed E-state index contributed by atoms with van der Waals surface area (Å²) in [6.07, 6.45) is -3.87. The van der Waals surface area contributed by atoms with Gasteiger partial charge in [0.05, 0.1) is 27.7 Å². The monoisotopic (exact) mass is 522 g/mol. The van der Waals surface area contributed by atoms with E-state index in [-0.39, 0.29) is 14.8 Å². The van der Waals surface area contributed by atoms with Crippen molar-refractivity contribution in [1.82, 2.24) is 9.55 Å². The van der Waals surface area contributed by atoms with E-state index in [2.05, 4.69) is 20.9 Å². The number of Topliss-reactive ketones (excluding diaryl/α,β-unsaturated/α-hetero) is 1. The van der Waals surface area contributed by atoms with E-state index in [4.69, 9.17) is 37.4 Å². The lowest BCUT2D eigenvalue weighted by atomic mass is 9.91. The molecule has 4 atom stereocenters. The summed E-state index contributed by atoms with van der Waals surface area (Å²) in [5.74, 6) is -2.06. The summed E-state index contributed by atoms with van der Waals surface area (Å²) in [5, 5.41) is 10.6. The number of halogens is 3. The Morgan fingerprint density at radius 3 is 2.33 bits per heavy atom. The van der Waals surface area contributed by atoms with Crippen LogP contribution in [-0.4, -0.2) is 56.8 Å². The predicted octanol–water partition coefficient (Wildman–Crippen LogP) is 2.82. The van der Waals surface area contributed by atoms with Gasteiger partial charge in [0.1, 0.15) is 0 Å². The molecule has 12 heteroatoms. The number of ether oxygens (including phenoxy) is 3. The van der Waals surface area contributed by atoms with E-state index in [0.717, 1.165) is 13.8 Å². The van der Waals surface area contributed by atoms with Gasteiger partial charge in [0.15, 0.2) is 34.6 Å². The molecule has 0 aliphatic carbocycles. The first-order valence-electron chi connectivity index (χ1n) is 8.68. The Morgan fingerprint density at radius 1 is 1.20 bits per heavy atom. The van der Waals surface area contributed by atoms with Crippen LogP contribution in [0.25, 0.3) is 11.0 Å². The van der Waals surface area contributed by atoms with Gasteiger partial charge in [-0.1, -0.05) is 23.2 Å². The lowest BCUT2D eigenvalue weighted by Crippen LogP contribution is -2.54. The number of benzene rings is 1. The zero-order chi connectivity index (χ0) is 22.4. The second-order valence-corrected chi connectivity index (χ2v) is 8.25. The molecule has 0 spiro atoms. The molecule has 30 heavy (non-hydrogen) atoms. The van der Waals surface area contributed by atoms with E-state index < -0.39 is 48.4 Å². The maximum absolute atomic E-state index is 12.5. The Balaban J connectivity index is 2.24. The highest BCUT2D eigenvalue weighted by molar-refractivity contribution is 9.10. The van der Waals surface area contributed by atoms with Crippen molar-refractivity contribution in [1.29, 1.82) is 0 Å². The number of hydrogen-bond acceptors (Lipinski definition) is 8. The molecule has 1 fully saturated rings. The third-order valence-electron chi connectivity index (χ3n) is 4.74. The Kier molecular flexibility index (Phi) is 6.45. The molecule has 1 aliphatic heterocycles. The van der Waals surface area contributed by atoms with Gasteiger partial charge in [-0.3, -0.25) is 19.0 Å². The highest BCUT2D eigenvalue weighted by Crippen LogP contribution is 2.44. The SMILES string of the molecule is CC(=O)O[C@H]1[C@H](n2c(Br)nc3cc(Cl)c(Cl)cc32)O[C@@](CO)(C(C)=O)[C@H]1OC(C)=O. The Labute approximate surface area is 189 Å². The van der Waals surface area contributed by atoms with Gasteiger partial charge >= 0.3 is 11.9 Å². The molecule has 2 aromatic rings. The van der Waals surface area contributed by atoms with Gasteiger partial charge < -0.3 is 19.3 Å². The Morgan fingerprint density at radius 2 is 1.80 bits per heavy atom. The zero-order valence-electron chi connectivity index (χ0n) is 16.0. The summed E-state index contributed by atoms with van der Waals surface area (Å²) in [4.78, 5) is 40.4. The van der Waals surface area contributed by atoms with E-state index in [1.807, 2.05) is 0 Å². The molecular formula is C18H17BrCl2N2O7. The topological polar surface area (TPSA) is 117 Å². The molecular weight excluding hydrogens is 507 g/mol. The van der Waals surface area contributed by atoms with Crippen LogP contribution < -0.4 is 0 Å². The predicted molar refractivity (Wildman–Crippen MR) is 109 cm³/mol. The van der Waals surface area contributed by atoms with Crippen LogP contribution in [-0.2, 0) is 28.6 Å². The van der Waals surface area contributed by atoms with E-state index >= 15 is 0 Å². The zero-order valence-corrected chi connectivity index (χ0v) is 19.1. The second-order valence-electron chi connectivity index (χ2n) is 6.72. The first kappa shape index (κ1) is 23.0. The highest BCUT2D eigenvalue weighted by Gasteiger charge is 2.62. The lowest BCUT2D eigenvalue weighted by Gasteiger charge is -2.29. The molecule has 0 unspecified atom stereocenters. The van der Waals surface area contributed by atoms with Crippen LogP contribution in [0.15, 0.2) is 16.9 Å². The van der Waals surface area contributed by atoms with Gasteiger partial charge in [-0.05, 0) is 35.0 Å². The average Bonchev–Trinajstić information content (AvgIpc) is 3.09. The lowest BCUT2D eigenvalue weighted by molar-refractivity contribution is -0.176. The van der Waals surface area contributed by atoms with Crippen LogP contribution in [0.3, 0.4) is 0 Å². The van der Waals surface area contributed by atoms with Crippen molar-refractivity contribution in [3.05, 3.63) is 26.9 Å².